The summed E-state index contributed by atoms with van der Waals surface area (Å²) in [5.41, 5.74) is 0.948. The van der Waals surface area contributed by atoms with Gasteiger partial charge in [-0.1, -0.05) is 38.3 Å². The molecule has 0 aromatic heterocycles. The maximum absolute atomic E-state index is 10.9. The number of unbranched alkanes of at least 4 members (excludes halogenated alkanes) is 3. The second-order valence-electron chi connectivity index (χ2n) is 4.33. The zero-order valence-corrected chi connectivity index (χ0v) is 11.7. The zero-order valence-electron chi connectivity index (χ0n) is 11.7. The number of esters is 1. The first-order chi connectivity index (χ1) is 9.26. The van der Waals surface area contributed by atoms with E-state index in [4.69, 9.17) is 4.74 Å². The Hall–Kier alpha value is -1.77. The van der Waals surface area contributed by atoms with Gasteiger partial charge in [0.15, 0.2) is 0 Å². The van der Waals surface area contributed by atoms with Crippen molar-refractivity contribution in [2.45, 2.75) is 32.6 Å². The van der Waals surface area contributed by atoms with Crippen molar-refractivity contribution in [3.63, 3.8) is 0 Å². The Morgan fingerprint density at radius 3 is 2.53 bits per heavy atom. The normalized spacial score (nSPS) is 10.6. The molecule has 0 saturated heterocycles. The largest absolute Gasteiger partial charge is 0.494 e. The lowest BCUT2D eigenvalue weighted by Gasteiger charge is -2.05. The molecule has 19 heavy (non-hydrogen) atoms. The van der Waals surface area contributed by atoms with Crippen LogP contribution in [0.4, 0.5) is 0 Å². The molecule has 0 bridgehead atoms. The maximum Gasteiger partial charge on any atom is 0.330 e. The molecule has 0 N–H and O–H groups in total. The van der Waals surface area contributed by atoms with E-state index in [1.165, 1.54) is 32.4 Å². The number of ether oxygens (including phenoxy) is 2. The van der Waals surface area contributed by atoms with Crippen LogP contribution in [0, 0.1) is 0 Å². The molecular weight excluding hydrogens is 240 g/mol. The fourth-order valence-corrected chi connectivity index (χ4v) is 1.63. The number of carbonyl (C=O) groups is 1. The fourth-order valence-electron chi connectivity index (χ4n) is 1.63. The van der Waals surface area contributed by atoms with Gasteiger partial charge in [0, 0.05) is 6.08 Å². The minimum absolute atomic E-state index is 0.351. The Morgan fingerprint density at radius 1 is 1.16 bits per heavy atom. The van der Waals surface area contributed by atoms with Gasteiger partial charge in [0.25, 0.3) is 0 Å². The molecule has 0 saturated carbocycles. The minimum atomic E-state index is -0.351. The van der Waals surface area contributed by atoms with Crippen molar-refractivity contribution < 1.29 is 14.3 Å². The van der Waals surface area contributed by atoms with E-state index in [1.807, 2.05) is 24.3 Å². The molecule has 0 aliphatic rings. The first-order valence-corrected chi connectivity index (χ1v) is 6.75. The van der Waals surface area contributed by atoms with E-state index >= 15 is 0 Å². The Kier molecular flexibility index (Phi) is 7.40. The Labute approximate surface area is 115 Å². The van der Waals surface area contributed by atoms with Gasteiger partial charge in [-0.2, -0.15) is 0 Å². The standard InChI is InChI=1S/C16H22O3/c1-3-4-5-6-13-19-15-10-7-14(8-11-15)9-12-16(17)18-2/h7-12H,3-6,13H2,1-2H3. The first-order valence-electron chi connectivity index (χ1n) is 6.75. The van der Waals surface area contributed by atoms with Gasteiger partial charge >= 0.3 is 5.97 Å². The molecule has 0 atom stereocenters. The molecule has 1 aromatic carbocycles. The number of benzene rings is 1. The number of rotatable bonds is 8. The Bertz CT molecular complexity index is 393. The summed E-state index contributed by atoms with van der Waals surface area (Å²) in [5, 5.41) is 0. The smallest absolute Gasteiger partial charge is 0.330 e. The molecule has 3 heteroatoms. The molecule has 0 aliphatic carbocycles. The van der Waals surface area contributed by atoms with Crippen LogP contribution in [-0.2, 0) is 9.53 Å². The number of methoxy groups -OCH3 is 1. The van der Waals surface area contributed by atoms with Crippen molar-refractivity contribution in [2.24, 2.45) is 0 Å². The summed E-state index contributed by atoms with van der Waals surface area (Å²) >= 11 is 0. The summed E-state index contributed by atoms with van der Waals surface area (Å²) in [4.78, 5) is 10.9. The Balaban J connectivity index is 2.35. The molecule has 0 aliphatic heterocycles. The summed E-state index contributed by atoms with van der Waals surface area (Å²) in [6, 6.07) is 7.66. The number of hydrogen-bond donors (Lipinski definition) is 0. The lowest BCUT2D eigenvalue weighted by atomic mass is 10.2. The van der Waals surface area contributed by atoms with Crippen LogP contribution < -0.4 is 4.74 Å². The molecule has 0 radical (unpaired) electrons. The molecule has 1 rings (SSSR count). The fraction of sp³-hybridized carbons (Fsp3) is 0.438. The van der Waals surface area contributed by atoms with Crippen molar-refractivity contribution in [3.8, 4) is 5.75 Å². The highest BCUT2D eigenvalue weighted by atomic mass is 16.5. The predicted molar refractivity (Wildman–Crippen MR) is 77.1 cm³/mol. The molecule has 1 aromatic rings. The highest BCUT2D eigenvalue weighted by Crippen LogP contribution is 2.14. The van der Waals surface area contributed by atoms with E-state index in [-0.39, 0.29) is 5.97 Å². The summed E-state index contributed by atoms with van der Waals surface area (Å²) in [6.45, 7) is 2.96. The lowest BCUT2D eigenvalue weighted by molar-refractivity contribution is -0.134. The van der Waals surface area contributed by atoms with Crippen LogP contribution >= 0.6 is 0 Å². The monoisotopic (exact) mass is 262 g/mol. The van der Waals surface area contributed by atoms with Gasteiger partial charge in [-0.15, -0.1) is 0 Å². The number of carbonyl (C=O) groups excluding carboxylic acids is 1. The molecular formula is C16H22O3. The summed E-state index contributed by atoms with van der Waals surface area (Å²) in [7, 11) is 1.36. The van der Waals surface area contributed by atoms with Crippen LogP contribution in [0.3, 0.4) is 0 Å². The van der Waals surface area contributed by atoms with Crippen molar-refractivity contribution in [3.05, 3.63) is 35.9 Å². The molecule has 3 nitrogen and oxygen atoms in total. The van der Waals surface area contributed by atoms with Gasteiger partial charge < -0.3 is 9.47 Å². The third kappa shape index (κ3) is 6.65. The highest BCUT2D eigenvalue weighted by molar-refractivity contribution is 5.86. The van der Waals surface area contributed by atoms with Crippen molar-refractivity contribution in [1.29, 1.82) is 0 Å². The molecule has 104 valence electrons. The van der Waals surface area contributed by atoms with Gasteiger partial charge in [0.2, 0.25) is 0 Å². The molecule has 0 unspecified atom stereocenters. The van der Waals surface area contributed by atoms with Crippen molar-refractivity contribution in [2.75, 3.05) is 13.7 Å². The van der Waals surface area contributed by atoms with Crippen LogP contribution in [0.5, 0.6) is 5.75 Å². The third-order valence-electron chi connectivity index (χ3n) is 2.76. The molecule has 0 heterocycles. The van der Waals surface area contributed by atoms with E-state index in [9.17, 15) is 4.79 Å². The first kappa shape index (κ1) is 15.3. The lowest BCUT2D eigenvalue weighted by Crippen LogP contribution is -1.97. The maximum atomic E-state index is 10.9. The average molecular weight is 262 g/mol. The predicted octanol–water partition coefficient (Wildman–Crippen LogP) is 3.83. The molecule has 0 amide bonds. The summed E-state index contributed by atoms with van der Waals surface area (Å²) < 4.78 is 10.2. The summed E-state index contributed by atoms with van der Waals surface area (Å²) in [5.74, 6) is 0.517. The van der Waals surface area contributed by atoms with E-state index in [0.29, 0.717) is 0 Å². The second kappa shape index (κ2) is 9.20. The van der Waals surface area contributed by atoms with Crippen LogP contribution in [0.2, 0.25) is 0 Å². The highest BCUT2D eigenvalue weighted by Gasteiger charge is 1.95. The van der Waals surface area contributed by atoms with Crippen molar-refractivity contribution >= 4 is 12.0 Å². The third-order valence-corrected chi connectivity index (χ3v) is 2.76. The van der Waals surface area contributed by atoms with Gasteiger partial charge in [-0.3, -0.25) is 0 Å². The molecule has 0 spiro atoms. The van der Waals surface area contributed by atoms with Gasteiger partial charge in [-0.05, 0) is 30.2 Å². The molecule has 0 fully saturated rings. The van der Waals surface area contributed by atoms with Crippen LogP contribution in [0.25, 0.3) is 6.08 Å². The van der Waals surface area contributed by atoms with Crippen LogP contribution in [0.1, 0.15) is 38.2 Å². The van der Waals surface area contributed by atoms with Gasteiger partial charge in [0.1, 0.15) is 5.75 Å². The average Bonchev–Trinajstić information content (AvgIpc) is 2.45. The zero-order chi connectivity index (χ0) is 13.9. The second-order valence-corrected chi connectivity index (χ2v) is 4.33. The van der Waals surface area contributed by atoms with Crippen LogP contribution in [0.15, 0.2) is 30.3 Å². The quantitative estimate of drug-likeness (QED) is 0.406. The van der Waals surface area contributed by atoms with E-state index < -0.39 is 0 Å². The van der Waals surface area contributed by atoms with Gasteiger partial charge in [-0.25, -0.2) is 4.79 Å². The van der Waals surface area contributed by atoms with Crippen molar-refractivity contribution in [1.82, 2.24) is 0 Å². The topological polar surface area (TPSA) is 35.5 Å². The van der Waals surface area contributed by atoms with E-state index in [0.717, 1.165) is 24.3 Å². The SMILES string of the molecule is CCCCCCOc1ccc(C=CC(=O)OC)cc1. The minimum Gasteiger partial charge on any atom is -0.494 e. The summed E-state index contributed by atoms with van der Waals surface area (Å²) in [6.07, 6.45) is 7.94. The van der Waals surface area contributed by atoms with E-state index in [2.05, 4.69) is 11.7 Å². The van der Waals surface area contributed by atoms with Gasteiger partial charge in [0.05, 0.1) is 13.7 Å². The van der Waals surface area contributed by atoms with E-state index in [1.54, 1.807) is 6.08 Å². The Morgan fingerprint density at radius 2 is 1.89 bits per heavy atom. The number of hydrogen-bond acceptors (Lipinski definition) is 3. The van der Waals surface area contributed by atoms with Crippen LogP contribution in [-0.4, -0.2) is 19.7 Å².